The van der Waals surface area contributed by atoms with E-state index in [2.05, 4.69) is 21.4 Å². The fraction of sp³-hybridized carbons (Fsp3) is 0.417. The number of aliphatic imine (C=N–C) groups is 1. The number of amides is 1. The topological polar surface area (TPSA) is 124 Å². The van der Waals surface area contributed by atoms with Crippen LogP contribution in [-0.2, 0) is 16.3 Å². The Morgan fingerprint density at radius 3 is 2.71 bits per heavy atom. The summed E-state index contributed by atoms with van der Waals surface area (Å²) in [7, 11) is 0.598. The van der Waals surface area contributed by atoms with E-state index in [4.69, 9.17) is 11.0 Å². The van der Waals surface area contributed by atoms with Crippen molar-refractivity contribution in [2.45, 2.75) is 36.0 Å². The molecule has 3 heterocycles. The highest BCUT2D eigenvalue weighted by Gasteiger charge is 2.55. The summed E-state index contributed by atoms with van der Waals surface area (Å²) >= 11 is 0. The summed E-state index contributed by atoms with van der Waals surface area (Å²) in [5, 5.41) is 12.0. The SMILES string of the molecule is CN1CC2(C1)C(N)=N[C@](C)(c1cc(NC(=O)c3ncc(C#N)cc3C3CC3)ccc1F)CS2=O. The predicted octanol–water partition coefficient (Wildman–Crippen LogP) is 2.24. The third kappa shape index (κ3) is 3.69. The maximum absolute atomic E-state index is 15.0. The van der Waals surface area contributed by atoms with Crippen LogP contribution in [0.3, 0.4) is 0 Å². The number of nitrogens with two attached hydrogens (primary N) is 1. The molecule has 2 aromatic rings. The first-order valence-corrected chi connectivity index (χ1v) is 12.4. The second-order valence-electron chi connectivity index (χ2n) is 9.62. The van der Waals surface area contributed by atoms with Crippen LogP contribution in [0.2, 0.25) is 0 Å². The number of nitriles is 1. The number of benzene rings is 1. The Balaban J connectivity index is 1.44. The highest BCUT2D eigenvalue weighted by Crippen LogP contribution is 2.42. The lowest BCUT2D eigenvalue weighted by molar-refractivity contribution is 0.102. The number of carbonyl (C=O) groups excluding carboxylic acids is 1. The van der Waals surface area contributed by atoms with Gasteiger partial charge >= 0.3 is 0 Å². The average Bonchev–Trinajstić information content (AvgIpc) is 3.61. The number of likely N-dealkylation sites (tertiary alicyclic amines) is 1. The van der Waals surface area contributed by atoms with Crippen molar-refractivity contribution in [1.29, 1.82) is 5.26 Å². The van der Waals surface area contributed by atoms with Crippen molar-refractivity contribution < 1.29 is 13.4 Å². The van der Waals surface area contributed by atoms with Gasteiger partial charge in [0.05, 0.1) is 16.9 Å². The van der Waals surface area contributed by atoms with Crippen molar-refractivity contribution in [2.75, 3.05) is 31.2 Å². The van der Waals surface area contributed by atoms with Crippen molar-refractivity contribution in [3.8, 4) is 6.07 Å². The third-order valence-electron chi connectivity index (χ3n) is 6.82. The Morgan fingerprint density at radius 2 is 2.09 bits per heavy atom. The summed E-state index contributed by atoms with van der Waals surface area (Å²) in [4.78, 5) is 23.9. The van der Waals surface area contributed by atoms with Gasteiger partial charge < -0.3 is 16.0 Å². The molecule has 1 aromatic carbocycles. The summed E-state index contributed by atoms with van der Waals surface area (Å²) in [5.74, 6) is -0.301. The monoisotopic (exact) mass is 480 g/mol. The lowest BCUT2D eigenvalue weighted by atomic mass is 9.91. The van der Waals surface area contributed by atoms with Crippen LogP contribution >= 0.6 is 0 Å². The van der Waals surface area contributed by atoms with Crippen LogP contribution in [0.4, 0.5) is 10.1 Å². The molecule has 5 rings (SSSR count). The van der Waals surface area contributed by atoms with Crippen molar-refractivity contribution in [3.63, 3.8) is 0 Å². The molecule has 1 unspecified atom stereocenters. The van der Waals surface area contributed by atoms with Crippen LogP contribution in [0, 0.1) is 17.1 Å². The number of nitrogens with zero attached hydrogens (tertiary/aromatic N) is 4. The first kappa shape index (κ1) is 22.6. The lowest BCUT2D eigenvalue weighted by Crippen LogP contribution is -2.71. The van der Waals surface area contributed by atoms with Crippen molar-refractivity contribution in [2.24, 2.45) is 10.7 Å². The van der Waals surface area contributed by atoms with Crippen LogP contribution in [0.15, 0.2) is 35.5 Å². The van der Waals surface area contributed by atoms with Crippen LogP contribution in [0.25, 0.3) is 0 Å². The summed E-state index contributed by atoms with van der Waals surface area (Å²) in [6.07, 6.45) is 3.27. The van der Waals surface area contributed by atoms with Gasteiger partial charge in [-0.25, -0.2) is 9.37 Å². The number of carbonyl (C=O) groups is 1. The summed E-state index contributed by atoms with van der Waals surface area (Å²) < 4.78 is 27.4. The van der Waals surface area contributed by atoms with Gasteiger partial charge in [-0.2, -0.15) is 5.26 Å². The first-order valence-electron chi connectivity index (χ1n) is 11.1. The van der Waals surface area contributed by atoms with Gasteiger partial charge in [0.2, 0.25) is 0 Å². The van der Waals surface area contributed by atoms with Gasteiger partial charge in [-0.3, -0.25) is 14.0 Å². The van der Waals surface area contributed by atoms with Gasteiger partial charge in [-0.05, 0) is 62.6 Å². The molecule has 1 saturated carbocycles. The smallest absolute Gasteiger partial charge is 0.274 e. The molecular formula is C24H25FN6O2S. The number of amidine groups is 1. The second kappa shape index (κ2) is 7.96. The van der Waals surface area contributed by atoms with Crippen molar-refractivity contribution in [1.82, 2.24) is 9.88 Å². The zero-order valence-corrected chi connectivity index (χ0v) is 19.8. The Bertz CT molecular complexity index is 1290. The maximum Gasteiger partial charge on any atom is 0.274 e. The molecule has 0 radical (unpaired) electrons. The van der Waals surface area contributed by atoms with Crippen LogP contribution < -0.4 is 11.1 Å². The molecule has 1 amide bonds. The minimum absolute atomic E-state index is 0.138. The molecule has 8 nitrogen and oxygen atoms in total. The summed E-state index contributed by atoms with van der Waals surface area (Å²) in [6.45, 7) is 2.83. The fourth-order valence-corrected chi connectivity index (χ4v) is 6.84. The predicted molar refractivity (Wildman–Crippen MR) is 127 cm³/mol. The number of halogens is 1. The third-order valence-corrected chi connectivity index (χ3v) is 8.98. The standard InChI is InChI=1S/C24H25FN6O2S/c1-23(13-34(33)24(22(27)30-23)11-31(2)12-24)18-8-16(5-6-19(18)25)29-21(32)20-17(15-3-4-15)7-14(9-26)10-28-20/h5-8,10,15H,3-4,11-13H2,1-2H3,(H2,27,30)(H,29,32)/t23-,34?/m0/s1. The van der Waals surface area contributed by atoms with Crippen LogP contribution in [0.5, 0.6) is 0 Å². The molecular weight excluding hydrogens is 455 g/mol. The van der Waals surface area contributed by atoms with Gasteiger partial charge in [0.15, 0.2) is 0 Å². The highest BCUT2D eigenvalue weighted by atomic mass is 32.2. The Morgan fingerprint density at radius 1 is 1.35 bits per heavy atom. The van der Waals surface area contributed by atoms with E-state index in [1.165, 1.54) is 24.4 Å². The second-order valence-corrected chi connectivity index (χ2v) is 11.4. The molecule has 1 spiro atoms. The van der Waals surface area contributed by atoms with E-state index in [1.807, 2.05) is 11.9 Å². The molecule has 176 valence electrons. The first-order chi connectivity index (χ1) is 16.1. The van der Waals surface area contributed by atoms with E-state index in [0.29, 0.717) is 24.3 Å². The Labute approximate surface area is 199 Å². The quantitative estimate of drug-likeness (QED) is 0.692. The van der Waals surface area contributed by atoms with E-state index in [1.54, 1.807) is 13.0 Å². The van der Waals surface area contributed by atoms with E-state index in [-0.39, 0.29) is 28.8 Å². The number of nitrogens with one attached hydrogen (secondary N) is 1. The number of anilines is 1. The van der Waals surface area contributed by atoms with E-state index < -0.39 is 32.8 Å². The number of pyridine rings is 1. The maximum atomic E-state index is 15.0. The van der Waals surface area contributed by atoms with Crippen LogP contribution in [0.1, 0.15) is 52.9 Å². The fourth-order valence-electron chi connectivity index (χ4n) is 4.82. The zero-order valence-electron chi connectivity index (χ0n) is 19.0. The number of hydrogen-bond donors (Lipinski definition) is 2. The number of aromatic nitrogens is 1. The van der Waals surface area contributed by atoms with Crippen molar-refractivity contribution in [3.05, 3.63) is 58.7 Å². The summed E-state index contributed by atoms with van der Waals surface area (Å²) in [5.41, 5.74) is 7.16. The molecule has 10 heteroatoms. The highest BCUT2D eigenvalue weighted by molar-refractivity contribution is 7.87. The van der Waals surface area contributed by atoms with E-state index in [9.17, 15) is 13.4 Å². The normalized spacial score (nSPS) is 25.8. The largest absolute Gasteiger partial charge is 0.386 e. The molecule has 0 bridgehead atoms. The molecule has 3 N–H and O–H groups in total. The minimum atomic E-state index is -1.33. The molecule has 1 saturated heterocycles. The van der Waals surface area contributed by atoms with Crippen molar-refractivity contribution >= 4 is 28.2 Å². The molecule has 2 aliphatic heterocycles. The van der Waals surface area contributed by atoms with Gasteiger partial charge in [-0.1, -0.05) is 0 Å². The lowest BCUT2D eigenvalue weighted by Gasteiger charge is -2.51. The van der Waals surface area contributed by atoms with Crippen LogP contribution in [-0.4, -0.2) is 56.5 Å². The molecule has 2 atom stereocenters. The Kier molecular flexibility index (Phi) is 5.30. The zero-order chi connectivity index (χ0) is 24.3. The summed E-state index contributed by atoms with van der Waals surface area (Å²) in [6, 6.07) is 8.02. The van der Waals surface area contributed by atoms with Gasteiger partial charge in [0.25, 0.3) is 5.91 Å². The number of rotatable bonds is 4. The number of hydrogen-bond acceptors (Lipinski definition) is 7. The molecule has 1 aliphatic carbocycles. The van der Waals surface area contributed by atoms with E-state index in [0.717, 1.165) is 18.4 Å². The van der Waals surface area contributed by atoms with E-state index >= 15 is 0 Å². The Hall–Kier alpha value is -3.16. The molecule has 3 aliphatic rings. The average molecular weight is 481 g/mol. The minimum Gasteiger partial charge on any atom is -0.386 e. The molecule has 2 fully saturated rings. The molecule has 1 aromatic heterocycles. The molecule has 34 heavy (non-hydrogen) atoms. The van der Waals surface area contributed by atoms with Gasteiger partial charge in [0.1, 0.15) is 28.2 Å². The van der Waals surface area contributed by atoms with Gasteiger partial charge in [-0.15, -0.1) is 0 Å². The van der Waals surface area contributed by atoms with Gasteiger partial charge in [0, 0.05) is 41.3 Å².